The Hall–Kier alpha value is -1.11. The highest BCUT2D eigenvalue weighted by atomic mass is 19.3. The van der Waals surface area contributed by atoms with Gasteiger partial charge in [-0.05, 0) is 13.0 Å². The van der Waals surface area contributed by atoms with E-state index in [1.807, 2.05) is 0 Å². The van der Waals surface area contributed by atoms with Gasteiger partial charge in [0.25, 0.3) is 5.92 Å². The molecule has 1 aromatic carbocycles. The molecule has 0 bridgehead atoms. The minimum Gasteiger partial charge on any atom is -0.390 e. The zero-order valence-electron chi connectivity index (χ0n) is 11.4. The lowest BCUT2D eigenvalue weighted by molar-refractivity contribution is -0.119. The van der Waals surface area contributed by atoms with Crippen LogP contribution in [0.4, 0.5) is 13.2 Å². The van der Waals surface area contributed by atoms with E-state index < -0.39 is 24.4 Å². The molecular formula is C14H19F3N2O. The van der Waals surface area contributed by atoms with Gasteiger partial charge < -0.3 is 10.4 Å². The molecular weight excluding hydrogens is 269 g/mol. The van der Waals surface area contributed by atoms with Gasteiger partial charge in [0.1, 0.15) is 18.5 Å². The van der Waals surface area contributed by atoms with E-state index in [0.29, 0.717) is 26.2 Å². The van der Waals surface area contributed by atoms with Crippen molar-refractivity contribution in [2.75, 3.05) is 32.8 Å². The molecule has 1 aromatic rings. The summed E-state index contributed by atoms with van der Waals surface area (Å²) in [5, 5.41) is 12.1. The minimum atomic E-state index is -3.38. The first-order chi connectivity index (χ1) is 9.45. The number of aryl methyl sites for hydroxylation is 1. The van der Waals surface area contributed by atoms with Gasteiger partial charge in [-0.25, -0.2) is 13.2 Å². The zero-order valence-corrected chi connectivity index (χ0v) is 11.4. The first-order valence-electron chi connectivity index (χ1n) is 6.65. The van der Waals surface area contributed by atoms with E-state index in [-0.39, 0.29) is 5.56 Å². The van der Waals surface area contributed by atoms with Gasteiger partial charge in [-0.15, -0.1) is 0 Å². The average molecular weight is 288 g/mol. The van der Waals surface area contributed by atoms with Crippen LogP contribution in [-0.4, -0.2) is 48.7 Å². The maximum atomic E-state index is 14.1. The third-order valence-electron chi connectivity index (χ3n) is 3.57. The van der Waals surface area contributed by atoms with Crippen molar-refractivity contribution in [3.63, 3.8) is 0 Å². The number of piperazine rings is 1. The van der Waals surface area contributed by atoms with Gasteiger partial charge in [-0.2, -0.15) is 0 Å². The second-order valence-electron chi connectivity index (χ2n) is 5.13. The van der Waals surface area contributed by atoms with Crippen molar-refractivity contribution < 1.29 is 18.3 Å². The van der Waals surface area contributed by atoms with Crippen LogP contribution < -0.4 is 5.32 Å². The topological polar surface area (TPSA) is 35.5 Å². The number of halogens is 3. The molecule has 0 amide bonds. The lowest BCUT2D eigenvalue weighted by Crippen LogP contribution is -2.51. The highest BCUT2D eigenvalue weighted by Crippen LogP contribution is 2.37. The molecule has 2 N–H and O–H groups in total. The standard InChI is InChI=1S/C14H19F3N2O/c1-10-2-3-12(15)11(8-10)13(14(16,17)9-20)19-6-4-18-5-7-19/h2-3,8,13,18,20H,4-7,9H2,1H3/t13-/m0/s1. The summed E-state index contributed by atoms with van der Waals surface area (Å²) in [4.78, 5) is 1.53. The van der Waals surface area contributed by atoms with Crippen LogP contribution in [0.25, 0.3) is 0 Å². The van der Waals surface area contributed by atoms with Gasteiger partial charge in [0, 0.05) is 31.7 Å². The van der Waals surface area contributed by atoms with Gasteiger partial charge in [-0.1, -0.05) is 17.7 Å². The lowest BCUT2D eigenvalue weighted by Gasteiger charge is -2.38. The third kappa shape index (κ3) is 3.13. The van der Waals surface area contributed by atoms with Crippen LogP contribution in [0.5, 0.6) is 0 Å². The molecule has 0 aliphatic carbocycles. The molecule has 0 unspecified atom stereocenters. The van der Waals surface area contributed by atoms with Crippen LogP contribution in [-0.2, 0) is 0 Å². The molecule has 0 aromatic heterocycles. The Morgan fingerprint density at radius 3 is 2.60 bits per heavy atom. The van der Waals surface area contributed by atoms with Gasteiger partial charge in [0.05, 0.1) is 0 Å². The molecule has 0 spiro atoms. The summed E-state index contributed by atoms with van der Waals surface area (Å²) < 4.78 is 42.2. The Morgan fingerprint density at radius 2 is 2.00 bits per heavy atom. The summed E-state index contributed by atoms with van der Waals surface area (Å²) in [6, 6.07) is 2.75. The van der Waals surface area contributed by atoms with E-state index in [0.717, 1.165) is 5.56 Å². The Kier molecular flexibility index (Phi) is 4.67. The van der Waals surface area contributed by atoms with E-state index in [9.17, 15) is 13.2 Å². The second kappa shape index (κ2) is 6.11. The Morgan fingerprint density at radius 1 is 1.35 bits per heavy atom. The molecule has 6 heteroatoms. The van der Waals surface area contributed by atoms with Gasteiger partial charge >= 0.3 is 0 Å². The summed E-state index contributed by atoms with van der Waals surface area (Å²) in [5.74, 6) is -4.04. The van der Waals surface area contributed by atoms with Crippen LogP contribution in [0.3, 0.4) is 0 Å². The molecule has 1 aliphatic rings. The van der Waals surface area contributed by atoms with Crippen molar-refractivity contribution in [2.24, 2.45) is 0 Å². The summed E-state index contributed by atoms with van der Waals surface area (Å²) in [6.45, 7) is 2.38. The van der Waals surface area contributed by atoms with Crippen LogP contribution in [0.15, 0.2) is 18.2 Å². The van der Waals surface area contributed by atoms with Crippen LogP contribution in [0, 0.1) is 12.7 Å². The van der Waals surface area contributed by atoms with E-state index in [2.05, 4.69) is 5.32 Å². The van der Waals surface area contributed by atoms with Gasteiger partial charge in [0.15, 0.2) is 0 Å². The lowest BCUT2D eigenvalue weighted by atomic mass is 9.96. The van der Waals surface area contributed by atoms with Crippen molar-refractivity contribution >= 4 is 0 Å². The van der Waals surface area contributed by atoms with Gasteiger partial charge in [-0.3, -0.25) is 4.90 Å². The van der Waals surface area contributed by atoms with Crippen molar-refractivity contribution in [2.45, 2.75) is 18.9 Å². The summed E-state index contributed by atoms with van der Waals surface area (Å²) >= 11 is 0. The van der Waals surface area contributed by atoms with E-state index in [1.165, 1.54) is 17.0 Å². The number of hydrogen-bond donors (Lipinski definition) is 2. The molecule has 1 aliphatic heterocycles. The van der Waals surface area contributed by atoms with E-state index in [4.69, 9.17) is 5.11 Å². The molecule has 1 fully saturated rings. The number of nitrogens with one attached hydrogen (secondary N) is 1. The first kappa shape index (κ1) is 15.3. The molecule has 1 saturated heterocycles. The molecule has 112 valence electrons. The van der Waals surface area contributed by atoms with Crippen molar-refractivity contribution in [3.05, 3.63) is 35.1 Å². The third-order valence-corrected chi connectivity index (χ3v) is 3.57. The number of hydrogen-bond acceptors (Lipinski definition) is 3. The van der Waals surface area contributed by atoms with Crippen molar-refractivity contribution in [1.29, 1.82) is 0 Å². The number of nitrogens with zero attached hydrogens (tertiary/aromatic N) is 1. The Labute approximate surface area is 116 Å². The van der Waals surface area contributed by atoms with E-state index in [1.54, 1.807) is 13.0 Å². The molecule has 1 heterocycles. The molecule has 0 radical (unpaired) electrons. The smallest absolute Gasteiger partial charge is 0.290 e. The normalized spacial score (nSPS) is 19.1. The predicted molar refractivity (Wildman–Crippen MR) is 70.4 cm³/mol. The SMILES string of the molecule is Cc1ccc(F)c([C@H](N2CCNCC2)C(F)(F)CO)c1. The maximum Gasteiger partial charge on any atom is 0.290 e. The number of rotatable bonds is 4. The summed E-state index contributed by atoms with van der Waals surface area (Å²) in [5.41, 5.74) is 0.668. The number of alkyl halides is 2. The largest absolute Gasteiger partial charge is 0.390 e. The van der Waals surface area contributed by atoms with E-state index >= 15 is 0 Å². The fourth-order valence-corrected chi connectivity index (χ4v) is 2.59. The predicted octanol–water partition coefficient (Wildman–Crippen LogP) is 1.71. The quantitative estimate of drug-likeness (QED) is 0.885. The number of benzene rings is 1. The molecule has 20 heavy (non-hydrogen) atoms. The maximum absolute atomic E-state index is 14.1. The Bertz CT molecular complexity index is 462. The highest BCUT2D eigenvalue weighted by Gasteiger charge is 2.45. The first-order valence-corrected chi connectivity index (χ1v) is 6.65. The Balaban J connectivity index is 2.42. The fourth-order valence-electron chi connectivity index (χ4n) is 2.59. The second-order valence-corrected chi connectivity index (χ2v) is 5.13. The van der Waals surface area contributed by atoms with Crippen LogP contribution in [0.2, 0.25) is 0 Å². The zero-order chi connectivity index (χ0) is 14.8. The van der Waals surface area contributed by atoms with Crippen LogP contribution in [0.1, 0.15) is 17.2 Å². The monoisotopic (exact) mass is 288 g/mol. The van der Waals surface area contributed by atoms with Crippen molar-refractivity contribution in [3.8, 4) is 0 Å². The highest BCUT2D eigenvalue weighted by molar-refractivity contribution is 5.28. The molecule has 3 nitrogen and oxygen atoms in total. The summed E-state index contributed by atoms with van der Waals surface area (Å²) in [7, 11) is 0. The summed E-state index contributed by atoms with van der Waals surface area (Å²) in [6.07, 6.45) is 0. The molecule has 0 saturated carbocycles. The molecule has 2 rings (SSSR count). The number of aliphatic hydroxyl groups is 1. The molecule has 1 atom stereocenters. The average Bonchev–Trinajstić information content (AvgIpc) is 2.44. The minimum absolute atomic E-state index is 0.0500. The van der Waals surface area contributed by atoms with Gasteiger partial charge in [0.2, 0.25) is 0 Å². The van der Waals surface area contributed by atoms with Crippen LogP contribution >= 0.6 is 0 Å². The van der Waals surface area contributed by atoms with Crippen molar-refractivity contribution in [1.82, 2.24) is 10.2 Å². The number of aliphatic hydroxyl groups excluding tert-OH is 1. The fraction of sp³-hybridized carbons (Fsp3) is 0.571.